The van der Waals surface area contributed by atoms with Crippen molar-refractivity contribution in [1.82, 2.24) is 20.3 Å². The number of nitrogens with zero attached hydrogens (tertiary/aromatic N) is 3. The van der Waals surface area contributed by atoms with Crippen molar-refractivity contribution >= 4 is 22.3 Å². The molecule has 0 aromatic carbocycles. The average molecular weight is 386 g/mol. The largest absolute Gasteiger partial charge is 1.00 e. The van der Waals surface area contributed by atoms with Crippen LogP contribution < -0.4 is 34.9 Å². The Morgan fingerprint density at radius 3 is 2.72 bits per heavy atom. The predicted octanol–water partition coefficient (Wildman–Crippen LogP) is -4.38. The molecule has 11 nitrogen and oxygen atoms in total. The van der Waals surface area contributed by atoms with E-state index in [0.29, 0.717) is 16.5 Å². The molecule has 3 heterocycles. The Bertz CT molecular complexity index is 627. The number of amides is 3. The molecule has 0 unspecified atom stereocenters. The van der Waals surface area contributed by atoms with Gasteiger partial charge in [0, 0.05) is 12.6 Å². The van der Waals surface area contributed by atoms with Crippen LogP contribution >= 0.6 is 0 Å². The van der Waals surface area contributed by atoms with Crippen molar-refractivity contribution in [2.45, 2.75) is 43.8 Å². The smallest absolute Gasteiger partial charge is 0.724 e. The molecular weight excluding hydrogens is 367 g/mol. The maximum Gasteiger partial charge on any atom is 1.00 e. The fraction of sp³-hybridized carbons (Fsp3) is 0.833. The van der Waals surface area contributed by atoms with Gasteiger partial charge in [0.1, 0.15) is 6.04 Å². The van der Waals surface area contributed by atoms with Crippen LogP contribution in [-0.4, -0.2) is 82.9 Å². The van der Waals surface area contributed by atoms with Crippen LogP contribution in [0.5, 0.6) is 0 Å². The quantitative estimate of drug-likeness (QED) is 0.159. The molecule has 3 aliphatic heterocycles. The van der Waals surface area contributed by atoms with Gasteiger partial charge in [-0.25, -0.2) is 18.3 Å². The van der Waals surface area contributed by atoms with Crippen molar-refractivity contribution in [2.75, 3.05) is 19.6 Å². The van der Waals surface area contributed by atoms with Crippen molar-refractivity contribution in [3.63, 3.8) is 0 Å². The molecule has 3 amide bonds. The average Bonchev–Trinajstić information content (AvgIpc) is 3.09. The van der Waals surface area contributed by atoms with Crippen molar-refractivity contribution in [3.8, 4) is 0 Å². The van der Waals surface area contributed by atoms with Crippen LogP contribution in [0, 0.1) is 0 Å². The van der Waals surface area contributed by atoms with Crippen LogP contribution in [0.3, 0.4) is 0 Å². The van der Waals surface area contributed by atoms with E-state index in [0.717, 1.165) is 24.3 Å². The molecule has 0 aliphatic carbocycles. The minimum absolute atomic E-state index is 0. The molecular formula is C12H19N4NaO7S. The number of nitrogens with one attached hydrogen (secondary N) is 1. The first-order valence-corrected chi connectivity index (χ1v) is 9.08. The monoisotopic (exact) mass is 386 g/mol. The second-order valence-corrected chi connectivity index (χ2v) is 7.17. The van der Waals surface area contributed by atoms with E-state index in [2.05, 4.69) is 9.60 Å². The fourth-order valence-electron chi connectivity index (χ4n) is 3.47. The summed E-state index contributed by atoms with van der Waals surface area (Å²) in [7, 11) is -5.07. The third-order valence-corrected chi connectivity index (χ3v) is 4.93. The van der Waals surface area contributed by atoms with Gasteiger partial charge < -0.3 is 14.8 Å². The summed E-state index contributed by atoms with van der Waals surface area (Å²) in [6.45, 7) is 1.02. The van der Waals surface area contributed by atoms with Gasteiger partial charge in [0.25, 0.3) is 5.91 Å². The summed E-state index contributed by atoms with van der Waals surface area (Å²) < 4.78 is 36.4. The number of carbonyl (C=O) groups excluding carboxylic acids is 2. The SMILES string of the molecule is O=C([C@@H]1CC[C@@H]2CN1C(=O)N2OS(=O)(=O)[O-])N(O)C[C@H]1CCCN1.[Na+]. The van der Waals surface area contributed by atoms with Crippen LogP contribution in [0.25, 0.3) is 0 Å². The molecule has 2 bridgehead atoms. The van der Waals surface area contributed by atoms with Crippen LogP contribution in [0.1, 0.15) is 25.7 Å². The number of hydrogen-bond acceptors (Lipinski definition) is 8. The zero-order chi connectivity index (χ0) is 17.5. The summed E-state index contributed by atoms with van der Waals surface area (Å²) in [6.07, 6.45) is 2.37. The van der Waals surface area contributed by atoms with E-state index >= 15 is 0 Å². The van der Waals surface area contributed by atoms with Crippen LogP contribution in [0.15, 0.2) is 0 Å². The van der Waals surface area contributed by atoms with Gasteiger partial charge in [-0.1, -0.05) is 0 Å². The predicted molar refractivity (Wildman–Crippen MR) is 76.1 cm³/mol. The molecule has 3 atom stereocenters. The normalized spacial score (nSPS) is 28.9. The molecule has 3 fully saturated rings. The van der Waals surface area contributed by atoms with Gasteiger partial charge in [-0.3, -0.25) is 10.0 Å². The van der Waals surface area contributed by atoms with Gasteiger partial charge in [-0.2, -0.15) is 9.35 Å². The topological polar surface area (TPSA) is 143 Å². The summed E-state index contributed by atoms with van der Waals surface area (Å²) in [6, 6.07) is -2.35. The van der Waals surface area contributed by atoms with E-state index in [1.54, 1.807) is 0 Å². The van der Waals surface area contributed by atoms with Crippen molar-refractivity contribution in [2.24, 2.45) is 0 Å². The Balaban J connectivity index is 0.00000225. The van der Waals surface area contributed by atoms with E-state index in [-0.39, 0.29) is 55.1 Å². The molecule has 136 valence electrons. The molecule has 0 saturated carbocycles. The first-order valence-electron chi connectivity index (χ1n) is 7.75. The summed E-state index contributed by atoms with van der Waals surface area (Å²) in [5.41, 5.74) is 0. The van der Waals surface area contributed by atoms with E-state index < -0.39 is 34.4 Å². The Morgan fingerprint density at radius 2 is 2.12 bits per heavy atom. The number of hydrogen-bond donors (Lipinski definition) is 2. The molecule has 0 aromatic rings. The molecule has 13 heteroatoms. The van der Waals surface area contributed by atoms with Gasteiger partial charge in [0.05, 0.1) is 12.6 Å². The zero-order valence-corrected chi connectivity index (χ0v) is 16.6. The third kappa shape index (κ3) is 4.63. The molecule has 25 heavy (non-hydrogen) atoms. The van der Waals surface area contributed by atoms with Crippen molar-refractivity contribution < 1.29 is 61.6 Å². The first-order chi connectivity index (χ1) is 11.3. The maximum atomic E-state index is 12.4. The van der Waals surface area contributed by atoms with Gasteiger partial charge in [-0.05, 0) is 32.2 Å². The Morgan fingerprint density at radius 1 is 1.40 bits per heavy atom. The number of piperidine rings is 1. The van der Waals surface area contributed by atoms with E-state index in [4.69, 9.17) is 0 Å². The zero-order valence-electron chi connectivity index (χ0n) is 13.8. The number of hydroxylamine groups is 4. The number of carbonyl (C=O) groups is 2. The van der Waals surface area contributed by atoms with Crippen molar-refractivity contribution in [1.29, 1.82) is 0 Å². The van der Waals surface area contributed by atoms with Gasteiger partial charge in [-0.15, -0.1) is 0 Å². The molecule has 3 saturated heterocycles. The minimum atomic E-state index is -5.07. The van der Waals surface area contributed by atoms with Gasteiger partial charge >= 0.3 is 35.6 Å². The standard InChI is InChI=1S/C12H20N4O7S.Na/c17-11(15(19)6-8-2-1-5-13-8)10-4-3-9-7-14(10)12(18)16(9)23-24(20,21)22;/h8-10,13,19H,1-7H2,(H,20,21,22);/q;+1/p-1/t8-,9-,10+;/m1./s1. The summed E-state index contributed by atoms with van der Waals surface area (Å²) in [4.78, 5) is 25.8. The molecule has 0 spiro atoms. The summed E-state index contributed by atoms with van der Waals surface area (Å²) >= 11 is 0. The Kier molecular flexibility index (Phi) is 6.71. The fourth-order valence-corrected chi connectivity index (χ4v) is 3.85. The third-order valence-electron chi connectivity index (χ3n) is 4.59. The maximum absolute atomic E-state index is 12.4. The van der Waals surface area contributed by atoms with Gasteiger partial charge in [0.2, 0.25) is 10.4 Å². The minimum Gasteiger partial charge on any atom is -0.724 e. The molecule has 3 aliphatic rings. The number of urea groups is 1. The number of fused-ring (bicyclic) bond motifs is 2. The second kappa shape index (κ2) is 8.05. The van der Waals surface area contributed by atoms with Crippen LogP contribution in [-0.2, 0) is 19.5 Å². The molecule has 3 rings (SSSR count). The molecule has 0 aromatic heterocycles. The summed E-state index contributed by atoms with van der Waals surface area (Å²) in [5.74, 6) is -0.623. The van der Waals surface area contributed by atoms with Crippen LogP contribution in [0.2, 0.25) is 0 Å². The Labute approximate surface area is 167 Å². The number of rotatable bonds is 5. The van der Waals surface area contributed by atoms with E-state index in [1.165, 1.54) is 0 Å². The van der Waals surface area contributed by atoms with E-state index in [1.807, 2.05) is 0 Å². The Hall–Kier alpha value is -0.470. The van der Waals surface area contributed by atoms with Gasteiger partial charge in [0.15, 0.2) is 0 Å². The van der Waals surface area contributed by atoms with Crippen LogP contribution in [0.4, 0.5) is 4.79 Å². The first kappa shape index (κ1) is 20.8. The second-order valence-electron chi connectivity index (χ2n) is 6.20. The molecule has 0 radical (unpaired) electrons. The van der Waals surface area contributed by atoms with Crippen molar-refractivity contribution in [3.05, 3.63) is 0 Å². The summed E-state index contributed by atoms with van der Waals surface area (Å²) in [5, 5.41) is 14.3. The molecule has 2 N–H and O–H groups in total. The van der Waals surface area contributed by atoms with E-state index in [9.17, 15) is 27.8 Å².